The molecule has 2 aromatic carbocycles. The van der Waals surface area contributed by atoms with Gasteiger partial charge in [-0.1, -0.05) is 18.2 Å². The van der Waals surface area contributed by atoms with Crippen LogP contribution in [-0.2, 0) is 0 Å². The summed E-state index contributed by atoms with van der Waals surface area (Å²) in [6.07, 6.45) is -4.70. The van der Waals surface area contributed by atoms with Crippen molar-refractivity contribution in [3.8, 4) is 16.9 Å². The molecule has 0 fully saturated rings. The van der Waals surface area contributed by atoms with Crippen LogP contribution in [-0.4, -0.2) is 6.36 Å². The summed E-state index contributed by atoms with van der Waals surface area (Å²) in [4.78, 5) is 0. The number of hydrogen-bond acceptors (Lipinski definition) is 1. The normalized spacial score (nSPS) is 11.4. The monoisotopic (exact) mass is 382 g/mol. The number of alkyl halides is 3. The van der Waals surface area contributed by atoms with Gasteiger partial charge in [0.2, 0.25) is 0 Å². The number of ether oxygens (including phenoxy) is 1. The van der Waals surface area contributed by atoms with Gasteiger partial charge in [0.25, 0.3) is 0 Å². The third-order valence-corrected chi connectivity index (χ3v) is 3.17. The van der Waals surface area contributed by atoms with Gasteiger partial charge in [0.05, 0.1) is 0 Å². The zero-order chi connectivity index (χ0) is 14.0. The summed E-state index contributed by atoms with van der Waals surface area (Å²) in [6, 6.07) is 9.93. The number of benzene rings is 2. The molecule has 0 saturated carbocycles. The van der Waals surface area contributed by atoms with Crippen molar-refractivity contribution in [3.05, 3.63) is 51.9 Å². The van der Waals surface area contributed by atoms with Crippen molar-refractivity contribution in [2.24, 2.45) is 0 Å². The molecule has 1 nitrogen and oxygen atoms in total. The van der Waals surface area contributed by atoms with E-state index in [4.69, 9.17) is 0 Å². The van der Waals surface area contributed by atoms with Crippen molar-refractivity contribution < 1.29 is 22.3 Å². The molecule has 0 N–H and O–H groups in total. The number of halogens is 5. The molecule has 0 atom stereocenters. The van der Waals surface area contributed by atoms with Crippen LogP contribution in [0, 0.1) is 9.39 Å². The standard InChI is InChI=1S/C13H7F4IO/c14-11-6-3-9(7-12(11)18)8-1-4-10(5-2-8)19-13(15,16)17/h1-7H. The van der Waals surface area contributed by atoms with Gasteiger partial charge >= 0.3 is 6.36 Å². The summed E-state index contributed by atoms with van der Waals surface area (Å²) in [5, 5.41) is 0. The minimum Gasteiger partial charge on any atom is -0.406 e. The summed E-state index contributed by atoms with van der Waals surface area (Å²) >= 11 is 1.85. The predicted molar refractivity (Wildman–Crippen MR) is 71.2 cm³/mol. The van der Waals surface area contributed by atoms with Gasteiger partial charge in [-0.25, -0.2) is 4.39 Å². The van der Waals surface area contributed by atoms with Gasteiger partial charge in [0, 0.05) is 3.57 Å². The molecule has 2 aromatic rings. The molecule has 6 heteroatoms. The second-order valence-electron chi connectivity index (χ2n) is 3.70. The van der Waals surface area contributed by atoms with E-state index < -0.39 is 6.36 Å². The first-order chi connectivity index (χ1) is 8.85. The fourth-order valence-corrected chi connectivity index (χ4v) is 2.04. The van der Waals surface area contributed by atoms with E-state index in [2.05, 4.69) is 4.74 Å². The molecule has 0 unspecified atom stereocenters. The fourth-order valence-electron chi connectivity index (χ4n) is 1.52. The first-order valence-electron chi connectivity index (χ1n) is 5.16. The summed E-state index contributed by atoms with van der Waals surface area (Å²) in [5.74, 6) is -0.616. The van der Waals surface area contributed by atoms with Gasteiger partial charge in [0.15, 0.2) is 0 Å². The molecule has 100 valence electrons. The molecule has 0 amide bonds. The average molecular weight is 382 g/mol. The van der Waals surface area contributed by atoms with Gasteiger partial charge in [-0.05, 0) is 58.0 Å². The molecule has 0 bridgehead atoms. The topological polar surface area (TPSA) is 9.23 Å². The highest BCUT2D eigenvalue weighted by molar-refractivity contribution is 14.1. The average Bonchev–Trinajstić information content (AvgIpc) is 2.32. The van der Waals surface area contributed by atoms with Crippen LogP contribution in [0.4, 0.5) is 17.6 Å². The van der Waals surface area contributed by atoms with Crippen molar-refractivity contribution in [2.75, 3.05) is 0 Å². The van der Waals surface area contributed by atoms with E-state index in [0.717, 1.165) is 5.56 Å². The molecule has 0 heterocycles. The van der Waals surface area contributed by atoms with Crippen LogP contribution in [0.3, 0.4) is 0 Å². The second-order valence-corrected chi connectivity index (χ2v) is 4.86. The summed E-state index contributed by atoms with van der Waals surface area (Å²) in [7, 11) is 0. The van der Waals surface area contributed by atoms with Crippen molar-refractivity contribution in [2.45, 2.75) is 6.36 Å². The lowest BCUT2D eigenvalue weighted by Crippen LogP contribution is -2.16. The highest BCUT2D eigenvalue weighted by atomic mass is 127. The van der Waals surface area contributed by atoms with Crippen LogP contribution in [0.25, 0.3) is 11.1 Å². The minimum absolute atomic E-state index is 0.284. The molecular weight excluding hydrogens is 375 g/mol. The zero-order valence-corrected chi connectivity index (χ0v) is 11.5. The van der Waals surface area contributed by atoms with Crippen LogP contribution in [0.2, 0.25) is 0 Å². The van der Waals surface area contributed by atoms with Gasteiger partial charge in [0.1, 0.15) is 11.6 Å². The number of hydrogen-bond donors (Lipinski definition) is 0. The Bertz CT molecular complexity index is 578. The van der Waals surface area contributed by atoms with Crippen LogP contribution in [0.5, 0.6) is 5.75 Å². The predicted octanol–water partition coefficient (Wildman–Crippen LogP) is 5.00. The molecule has 0 spiro atoms. The van der Waals surface area contributed by atoms with Gasteiger partial charge < -0.3 is 4.74 Å². The Balaban J connectivity index is 2.25. The SMILES string of the molecule is Fc1ccc(-c2ccc(OC(F)(F)F)cc2)cc1I. The first-order valence-corrected chi connectivity index (χ1v) is 6.24. The van der Waals surface area contributed by atoms with Crippen molar-refractivity contribution in [3.63, 3.8) is 0 Å². The Kier molecular flexibility index (Phi) is 3.98. The largest absolute Gasteiger partial charge is 0.573 e. The van der Waals surface area contributed by atoms with Gasteiger partial charge in [-0.2, -0.15) is 0 Å². The van der Waals surface area contributed by atoms with Crippen molar-refractivity contribution in [1.29, 1.82) is 0 Å². The fraction of sp³-hybridized carbons (Fsp3) is 0.0769. The maximum atomic E-state index is 13.1. The molecule has 0 saturated heterocycles. The van der Waals surface area contributed by atoms with E-state index in [1.165, 1.54) is 30.3 Å². The Morgan fingerprint density at radius 1 is 0.895 bits per heavy atom. The zero-order valence-electron chi connectivity index (χ0n) is 9.34. The quantitative estimate of drug-likeness (QED) is 0.525. The summed E-state index contributed by atoms with van der Waals surface area (Å²) in [5.41, 5.74) is 1.41. The maximum Gasteiger partial charge on any atom is 0.573 e. The lowest BCUT2D eigenvalue weighted by molar-refractivity contribution is -0.274. The van der Waals surface area contributed by atoms with Crippen LogP contribution >= 0.6 is 22.6 Å². The van der Waals surface area contributed by atoms with E-state index in [1.54, 1.807) is 12.1 Å². The van der Waals surface area contributed by atoms with E-state index in [1.807, 2.05) is 22.6 Å². The van der Waals surface area contributed by atoms with Crippen LogP contribution in [0.1, 0.15) is 0 Å². The molecule has 0 aliphatic heterocycles. The summed E-state index contributed by atoms with van der Waals surface area (Å²) in [6.45, 7) is 0. The lowest BCUT2D eigenvalue weighted by atomic mass is 10.1. The Morgan fingerprint density at radius 3 is 2.00 bits per heavy atom. The summed E-state index contributed by atoms with van der Waals surface area (Å²) < 4.78 is 53.3. The first kappa shape index (κ1) is 14.1. The van der Waals surface area contributed by atoms with E-state index in [9.17, 15) is 17.6 Å². The smallest absolute Gasteiger partial charge is 0.406 e. The van der Waals surface area contributed by atoms with Gasteiger partial charge in [-0.15, -0.1) is 13.2 Å². The third-order valence-electron chi connectivity index (χ3n) is 2.34. The highest BCUT2D eigenvalue weighted by Gasteiger charge is 2.30. The highest BCUT2D eigenvalue weighted by Crippen LogP contribution is 2.27. The maximum absolute atomic E-state index is 13.1. The molecule has 0 aromatic heterocycles. The van der Waals surface area contributed by atoms with Crippen LogP contribution < -0.4 is 4.74 Å². The van der Waals surface area contributed by atoms with Crippen molar-refractivity contribution >= 4 is 22.6 Å². The molecule has 0 aliphatic rings. The second kappa shape index (κ2) is 5.36. The molecule has 19 heavy (non-hydrogen) atoms. The molecular formula is C13H7F4IO. The third kappa shape index (κ3) is 3.82. The van der Waals surface area contributed by atoms with Crippen molar-refractivity contribution in [1.82, 2.24) is 0 Å². The van der Waals surface area contributed by atoms with E-state index in [0.29, 0.717) is 9.13 Å². The Hall–Kier alpha value is -1.31. The van der Waals surface area contributed by atoms with E-state index in [-0.39, 0.29) is 11.6 Å². The Morgan fingerprint density at radius 2 is 1.47 bits per heavy atom. The van der Waals surface area contributed by atoms with E-state index >= 15 is 0 Å². The molecule has 2 rings (SSSR count). The number of rotatable bonds is 2. The lowest BCUT2D eigenvalue weighted by Gasteiger charge is -2.09. The molecule has 0 radical (unpaired) electrons. The Labute approximate surface area is 120 Å². The minimum atomic E-state index is -4.70. The molecule has 0 aliphatic carbocycles. The van der Waals surface area contributed by atoms with Gasteiger partial charge in [-0.3, -0.25) is 0 Å². The van der Waals surface area contributed by atoms with Crippen LogP contribution in [0.15, 0.2) is 42.5 Å².